The highest BCUT2D eigenvalue weighted by molar-refractivity contribution is 7.67. The lowest BCUT2D eigenvalue weighted by Gasteiger charge is -2.39. The maximum absolute atomic E-state index is 13.5. The first kappa shape index (κ1) is 24.6. The molecule has 0 saturated heterocycles. The average molecular weight is 490 g/mol. The molecule has 0 spiro atoms. The van der Waals surface area contributed by atoms with Crippen molar-refractivity contribution in [3.8, 4) is 0 Å². The number of rotatable bonds is 4. The van der Waals surface area contributed by atoms with Crippen LogP contribution in [0.25, 0.3) is 0 Å². The van der Waals surface area contributed by atoms with Crippen molar-refractivity contribution in [1.82, 2.24) is 9.45 Å². The van der Waals surface area contributed by atoms with E-state index in [9.17, 15) is 13.2 Å². The number of likely N-dealkylation sites (N-methyl/N-ethyl adjacent to an activating group) is 1. The Morgan fingerprint density at radius 2 is 1.71 bits per heavy atom. The number of para-hydroxylation sites is 1. The van der Waals surface area contributed by atoms with Gasteiger partial charge in [-0.2, -0.15) is 18.3 Å². The van der Waals surface area contributed by atoms with Crippen molar-refractivity contribution in [2.24, 2.45) is 9.85 Å². The number of halogens is 3. The Kier molecular flexibility index (Phi) is 6.19. The van der Waals surface area contributed by atoms with Crippen molar-refractivity contribution < 1.29 is 13.2 Å². The minimum absolute atomic E-state index is 0.307. The van der Waals surface area contributed by atoms with Gasteiger partial charge in [0.15, 0.2) is 7.36 Å². The van der Waals surface area contributed by atoms with E-state index in [0.717, 1.165) is 28.8 Å². The van der Waals surface area contributed by atoms with Crippen LogP contribution in [0.5, 0.6) is 0 Å². The normalized spacial score (nSPS) is 23.7. The fourth-order valence-corrected chi connectivity index (χ4v) is 8.84. The van der Waals surface area contributed by atoms with Gasteiger partial charge in [-0.15, -0.1) is 0 Å². The van der Waals surface area contributed by atoms with Crippen LogP contribution in [-0.2, 0) is 11.6 Å². The summed E-state index contributed by atoms with van der Waals surface area (Å²) >= 11 is 0. The zero-order valence-electron chi connectivity index (χ0n) is 20.4. The van der Waals surface area contributed by atoms with Gasteiger partial charge in [-0.25, -0.2) is 14.2 Å². The van der Waals surface area contributed by atoms with Crippen LogP contribution >= 0.6 is 7.36 Å². The molecular formula is C25H31F3N5P. The second-order valence-electron chi connectivity index (χ2n) is 9.02. The molecular weight excluding hydrogens is 458 g/mol. The Bertz CT molecular complexity index is 1210. The van der Waals surface area contributed by atoms with E-state index in [1.807, 2.05) is 37.2 Å². The minimum atomic E-state index is -4.43. The standard InChI is InChI=1S/C25H31F3N5P/c1-7-33(8-2)34(30-19-13-11-12-18(16-19)25(26,27)28)22(17-29-32(34)6)23-24(3,4)20-14-9-10-15-21(20)31(23)5/h9-17H,7-8H2,1-6H3/b23-22+. The lowest BCUT2D eigenvalue weighted by Crippen LogP contribution is -2.30. The lowest BCUT2D eigenvalue weighted by atomic mass is 9.84. The van der Waals surface area contributed by atoms with Crippen molar-refractivity contribution in [2.45, 2.75) is 39.3 Å². The molecule has 5 nitrogen and oxygen atoms in total. The highest BCUT2D eigenvalue weighted by atomic mass is 31.2. The van der Waals surface area contributed by atoms with Crippen LogP contribution in [0.4, 0.5) is 24.5 Å². The summed E-state index contributed by atoms with van der Waals surface area (Å²) in [5.74, 6) is 0. The van der Waals surface area contributed by atoms with Crippen molar-refractivity contribution in [3.63, 3.8) is 0 Å². The van der Waals surface area contributed by atoms with Crippen molar-refractivity contribution in [2.75, 3.05) is 32.1 Å². The van der Waals surface area contributed by atoms with E-state index in [1.165, 1.54) is 11.6 Å². The Hall–Kier alpha value is -2.57. The molecule has 0 aromatic heterocycles. The van der Waals surface area contributed by atoms with Crippen LogP contribution in [0.15, 0.2) is 69.4 Å². The van der Waals surface area contributed by atoms with Gasteiger partial charge in [-0.05, 0) is 29.8 Å². The molecule has 0 amide bonds. The number of benzene rings is 2. The molecule has 4 rings (SSSR count). The predicted molar refractivity (Wildman–Crippen MR) is 135 cm³/mol. The van der Waals surface area contributed by atoms with E-state index < -0.39 is 19.1 Å². The van der Waals surface area contributed by atoms with Gasteiger partial charge in [0, 0.05) is 44.0 Å². The lowest BCUT2D eigenvalue weighted by molar-refractivity contribution is -0.137. The van der Waals surface area contributed by atoms with Gasteiger partial charge < -0.3 is 4.90 Å². The topological polar surface area (TPSA) is 34.4 Å². The zero-order valence-corrected chi connectivity index (χ0v) is 21.3. The second-order valence-corrected chi connectivity index (χ2v) is 12.0. The molecule has 2 aromatic carbocycles. The van der Waals surface area contributed by atoms with E-state index in [4.69, 9.17) is 4.74 Å². The SMILES string of the molecule is CCN(CC)P1(=Nc2cccc(C(F)(F)F)c2)/C(=C2/N(C)c3ccccc3C2(C)C)C=NN1C. The molecule has 34 heavy (non-hydrogen) atoms. The maximum atomic E-state index is 13.5. The number of hydrogen-bond donors (Lipinski definition) is 0. The van der Waals surface area contributed by atoms with Gasteiger partial charge in [-0.3, -0.25) is 0 Å². The van der Waals surface area contributed by atoms with Gasteiger partial charge >= 0.3 is 6.18 Å². The molecule has 0 bridgehead atoms. The van der Waals surface area contributed by atoms with E-state index in [2.05, 4.69) is 54.5 Å². The second kappa shape index (κ2) is 8.58. The molecule has 0 aliphatic carbocycles. The average Bonchev–Trinajstić information content (AvgIpc) is 3.20. The number of alkyl halides is 3. The summed E-state index contributed by atoms with van der Waals surface area (Å²) in [6.45, 7) is 9.86. The van der Waals surface area contributed by atoms with Crippen LogP contribution in [0.1, 0.15) is 38.8 Å². The molecule has 182 valence electrons. The fraction of sp³-hybridized carbons (Fsp3) is 0.400. The first-order valence-corrected chi connectivity index (χ1v) is 13.0. The Balaban J connectivity index is 2.05. The molecule has 1 atom stereocenters. The zero-order chi connectivity index (χ0) is 24.9. The van der Waals surface area contributed by atoms with E-state index in [1.54, 1.807) is 6.07 Å². The van der Waals surface area contributed by atoms with Gasteiger partial charge in [0.25, 0.3) is 0 Å². The van der Waals surface area contributed by atoms with E-state index in [0.29, 0.717) is 18.8 Å². The summed E-state index contributed by atoms with van der Waals surface area (Å²) in [6, 6.07) is 13.6. The third-order valence-electron chi connectivity index (χ3n) is 6.74. The summed E-state index contributed by atoms with van der Waals surface area (Å²) in [6.07, 6.45) is -2.57. The molecule has 2 aliphatic rings. The van der Waals surface area contributed by atoms with Gasteiger partial charge in [-0.1, -0.05) is 52.0 Å². The van der Waals surface area contributed by atoms with Crippen LogP contribution in [0, 0.1) is 0 Å². The van der Waals surface area contributed by atoms with Crippen LogP contribution in [0.2, 0.25) is 0 Å². The quantitative estimate of drug-likeness (QED) is 0.423. The fourth-order valence-electron chi connectivity index (χ4n) is 5.14. The summed E-state index contributed by atoms with van der Waals surface area (Å²) in [5.41, 5.74) is 2.70. The number of hydrazone groups is 1. The Morgan fingerprint density at radius 1 is 1.03 bits per heavy atom. The molecule has 2 heterocycles. The maximum Gasteiger partial charge on any atom is 0.416 e. The molecule has 0 saturated carbocycles. The number of allylic oxidation sites excluding steroid dienone is 2. The van der Waals surface area contributed by atoms with Crippen molar-refractivity contribution in [3.05, 3.63) is 70.7 Å². The number of anilines is 1. The Labute approximate surface area is 199 Å². The first-order chi connectivity index (χ1) is 16.0. The third kappa shape index (κ3) is 3.68. The molecule has 9 heteroatoms. The van der Waals surface area contributed by atoms with Gasteiger partial charge in [0.05, 0.1) is 22.8 Å². The largest absolute Gasteiger partial charge is 0.416 e. The summed E-state index contributed by atoms with van der Waals surface area (Å²) in [7, 11) is 1.22. The molecule has 1 unspecified atom stereocenters. The monoisotopic (exact) mass is 489 g/mol. The third-order valence-corrected chi connectivity index (χ3v) is 10.5. The number of fused-ring (bicyclic) bond motifs is 1. The summed E-state index contributed by atoms with van der Waals surface area (Å²) < 4.78 is 49.7. The van der Waals surface area contributed by atoms with Crippen molar-refractivity contribution >= 4 is 24.9 Å². The Morgan fingerprint density at radius 3 is 2.32 bits per heavy atom. The number of hydrogen-bond acceptors (Lipinski definition) is 3. The van der Waals surface area contributed by atoms with Crippen LogP contribution in [-0.4, -0.2) is 42.8 Å². The van der Waals surface area contributed by atoms with E-state index in [-0.39, 0.29) is 5.41 Å². The smallest absolute Gasteiger partial charge is 0.346 e. The molecule has 0 fully saturated rings. The summed E-state index contributed by atoms with van der Waals surface area (Å²) in [5, 5.41) is 5.65. The van der Waals surface area contributed by atoms with Gasteiger partial charge in [0.2, 0.25) is 0 Å². The molecule has 0 N–H and O–H groups in total. The van der Waals surface area contributed by atoms with Crippen LogP contribution < -0.4 is 4.90 Å². The highest BCUT2D eigenvalue weighted by Crippen LogP contribution is 2.69. The first-order valence-electron chi connectivity index (χ1n) is 11.4. The molecule has 2 aliphatic heterocycles. The van der Waals surface area contributed by atoms with E-state index >= 15 is 0 Å². The van der Waals surface area contributed by atoms with Crippen LogP contribution in [0.3, 0.4) is 0 Å². The highest BCUT2D eigenvalue weighted by Gasteiger charge is 2.47. The minimum Gasteiger partial charge on any atom is -0.346 e. The molecule has 0 radical (unpaired) electrons. The molecule has 2 aromatic rings. The van der Waals surface area contributed by atoms with Gasteiger partial charge in [0.1, 0.15) is 0 Å². The summed E-state index contributed by atoms with van der Waals surface area (Å²) in [4.78, 5) is 2.19. The number of nitrogens with zero attached hydrogens (tertiary/aromatic N) is 5. The van der Waals surface area contributed by atoms with Crippen molar-refractivity contribution in [1.29, 1.82) is 0 Å². The predicted octanol–water partition coefficient (Wildman–Crippen LogP) is 7.28.